The average Bonchev–Trinajstić information content (AvgIpc) is 1.88. The van der Waals surface area contributed by atoms with Gasteiger partial charge in [0.2, 0.25) is 0 Å². The summed E-state index contributed by atoms with van der Waals surface area (Å²) in [7, 11) is 0. The molecule has 0 aliphatic carbocycles. The van der Waals surface area contributed by atoms with Crippen molar-refractivity contribution in [1.29, 1.82) is 0 Å². The van der Waals surface area contributed by atoms with Gasteiger partial charge in [0.25, 0.3) is 0 Å². The molecule has 0 spiro atoms. The van der Waals surface area contributed by atoms with Gasteiger partial charge in [-0.1, -0.05) is 32.8 Å². The Bertz CT molecular complexity index is 99.4. The molecule has 0 aliphatic heterocycles. The van der Waals surface area contributed by atoms with Crippen molar-refractivity contribution in [1.82, 2.24) is 0 Å². The Labute approximate surface area is 63.3 Å². The van der Waals surface area contributed by atoms with Crippen LogP contribution in [0.5, 0.6) is 0 Å². The molecule has 0 fully saturated rings. The number of rotatable bonds is 5. The van der Waals surface area contributed by atoms with E-state index >= 15 is 0 Å². The van der Waals surface area contributed by atoms with E-state index in [1.165, 1.54) is 12.8 Å². The molecule has 0 saturated heterocycles. The fourth-order valence-electron chi connectivity index (χ4n) is 0.800. The molecular weight excluding hydrogens is 124 g/mol. The van der Waals surface area contributed by atoms with Gasteiger partial charge in [-0.25, -0.2) is 0 Å². The van der Waals surface area contributed by atoms with Crippen LogP contribution in [0.3, 0.4) is 0 Å². The molecule has 2 heteroatoms. The lowest BCUT2D eigenvalue weighted by molar-refractivity contribution is 0.604. The van der Waals surface area contributed by atoms with Crippen LogP contribution in [0.15, 0.2) is 12.3 Å². The summed E-state index contributed by atoms with van der Waals surface area (Å²) in [4.78, 5) is 0. The molecule has 0 radical (unpaired) electrons. The zero-order valence-corrected chi connectivity index (χ0v) is 6.77. The third-order valence-electron chi connectivity index (χ3n) is 1.59. The first-order chi connectivity index (χ1) is 4.68. The maximum absolute atomic E-state index is 5.63. The van der Waals surface area contributed by atoms with Crippen molar-refractivity contribution in [2.75, 3.05) is 0 Å². The molecule has 0 rings (SSSR count). The van der Waals surface area contributed by atoms with Crippen molar-refractivity contribution in [3.63, 3.8) is 0 Å². The Morgan fingerprint density at radius 3 is 2.50 bits per heavy atom. The molecule has 0 saturated carbocycles. The SMILES string of the molecule is C=C(N)C(N)CCCCC. The van der Waals surface area contributed by atoms with Crippen LogP contribution in [0.1, 0.15) is 32.6 Å². The second-order valence-corrected chi connectivity index (χ2v) is 2.68. The van der Waals surface area contributed by atoms with Crippen LogP contribution in [0.25, 0.3) is 0 Å². The average molecular weight is 142 g/mol. The molecule has 0 heterocycles. The van der Waals surface area contributed by atoms with Crippen molar-refractivity contribution in [2.45, 2.75) is 38.6 Å². The van der Waals surface area contributed by atoms with E-state index in [0.29, 0.717) is 5.70 Å². The predicted molar refractivity (Wildman–Crippen MR) is 45.4 cm³/mol. The largest absolute Gasteiger partial charge is 0.401 e. The van der Waals surface area contributed by atoms with Gasteiger partial charge in [0.05, 0.1) is 0 Å². The van der Waals surface area contributed by atoms with Gasteiger partial charge >= 0.3 is 0 Å². The maximum atomic E-state index is 5.63. The van der Waals surface area contributed by atoms with E-state index in [1.807, 2.05) is 0 Å². The maximum Gasteiger partial charge on any atom is 0.0436 e. The van der Waals surface area contributed by atoms with Gasteiger partial charge in [-0.05, 0) is 6.42 Å². The summed E-state index contributed by atoms with van der Waals surface area (Å²) in [5.41, 5.74) is 11.6. The lowest BCUT2D eigenvalue weighted by Gasteiger charge is -2.09. The molecule has 0 aliphatic rings. The minimum atomic E-state index is 0.00606. The van der Waals surface area contributed by atoms with Crippen molar-refractivity contribution in [2.24, 2.45) is 11.5 Å². The lowest BCUT2D eigenvalue weighted by Crippen LogP contribution is -2.26. The number of unbranched alkanes of at least 4 members (excludes halogenated alkanes) is 2. The fraction of sp³-hybridized carbons (Fsp3) is 0.750. The molecule has 1 unspecified atom stereocenters. The second kappa shape index (κ2) is 5.30. The molecule has 4 N–H and O–H groups in total. The Hall–Kier alpha value is -0.500. The van der Waals surface area contributed by atoms with Crippen LogP contribution in [0.4, 0.5) is 0 Å². The van der Waals surface area contributed by atoms with E-state index < -0.39 is 0 Å². The lowest BCUT2D eigenvalue weighted by atomic mass is 10.1. The molecule has 0 aromatic rings. The third kappa shape index (κ3) is 4.39. The van der Waals surface area contributed by atoms with Crippen LogP contribution in [0.2, 0.25) is 0 Å². The van der Waals surface area contributed by atoms with Gasteiger partial charge in [-0.15, -0.1) is 0 Å². The number of hydrogen-bond acceptors (Lipinski definition) is 2. The second-order valence-electron chi connectivity index (χ2n) is 2.68. The summed E-state index contributed by atoms with van der Waals surface area (Å²) in [6, 6.07) is 0.00606. The van der Waals surface area contributed by atoms with E-state index in [9.17, 15) is 0 Å². The van der Waals surface area contributed by atoms with Gasteiger partial charge in [-0.3, -0.25) is 0 Å². The summed E-state index contributed by atoms with van der Waals surface area (Å²) < 4.78 is 0. The first-order valence-electron chi connectivity index (χ1n) is 3.88. The number of nitrogens with two attached hydrogens (primary N) is 2. The van der Waals surface area contributed by atoms with Crippen LogP contribution >= 0.6 is 0 Å². The van der Waals surface area contributed by atoms with Crippen LogP contribution in [-0.4, -0.2) is 6.04 Å². The molecule has 10 heavy (non-hydrogen) atoms. The predicted octanol–water partition coefficient (Wildman–Crippen LogP) is 1.37. The zero-order valence-electron chi connectivity index (χ0n) is 6.77. The molecular formula is C8H18N2. The Morgan fingerprint density at radius 1 is 1.50 bits per heavy atom. The van der Waals surface area contributed by atoms with E-state index in [1.54, 1.807) is 0 Å². The van der Waals surface area contributed by atoms with E-state index in [2.05, 4.69) is 13.5 Å². The van der Waals surface area contributed by atoms with Gasteiger partial charge < -0.3 is 11.5 Å². The summed E-state index contributed by atoms with van der Waals surface area (Å²) in [6.45, 7) is 5.76. The molecule has 0 amide bonds. The van der Waals surface area contributed by atoms with Crippen LogP contribution < -0.4 is 11.5 Å². The van der Waals surface area contributed by atoms with E-state index in [-0.39, 0.29) is 6.04 Å². The first-order valence-corrected chi connectivity index (χ1v) is 3.88. The quantitative estimate of drug-likeness (QED) is 0.569. The van der Waals surface area contributed by atoms with Crippen molar-refractivity contribution in [3.05, 3.63) is 12.3 Å². The Morgan fingerprint density at radius 2 is 2.10 bits per heavy atom. The molecule has 2 nitrogen and oxygen atoms in total. The normalized spacial score (nSPS) is 13.0. The van der Waals surface area contributed by atoms with Crippen molar-refractivity contribution in [3.8, 4) is 0 Å². The molecule has 0 bridgehead atoms. The van der Waals surface area contributed by atoms with Gasteiger partial charge in [0.1, 0.15) is 0 Å². The molecule has 1 atom stereocenters. The Kier molecular flexibility index (Phi) is 5.03. The van der Waals surface area contributed by atoms with Crippen molar-refractivity contribution >= 4 is 0 Å². The highest BCUT2D eigenvalue weighted by Crippen LogP contribution is 2.03. The van der Waals surface area contributed by atoms with Crippen LogP contribution in [-0.2, 0) is 0 Å². The van der Waals surface area contributed by atoms with Gasteiger partial charge in [-0.2, -0.15) is 0 Å². The standard InChI is InChI=1S/C8H18N2/c1-3-4-5-6-8(10)7(2)9/h8H,2-6,9-10H2,1H3. The molecule has 60 valence electrons. The van der Waals surface area contributed by atoms with Crippen molar-refractivity contribution < 1.29 is 0 Å². The van der Waals surface area contributed by atoms with Gasteiger partial charge in [0, 0.05) is 11.7 Å². The van der Waals surface area contributed by atoms with E-state index in [0.717, 1.165) is 12.8 Å². The van der Waals surface area contributed by atoms with Gasteiger partial charge in [0.15, 0.2) is 0 Å². The summed E-state index contributed by atoms with van der Waals surface area (Å²) in [6.07, 6.45) is 4.60. The monoisotopic (exact) mass is 142 g/mol. The summed E-state index contributed by atoms with van der Waals surface area (Å²) >= 11 is 0. The fourth-order valence-corrected chi connectivity index (χ4v) is 0.800. The van der Waals surface area contributed by atoms with Crippen LogP contribution in [0, 0.1) is 0 Å². The minimum absolute atomic E-state index is 0.00606. The minimum Gasteiger partial charge on any atom is -0.401 e. The molecule has 0 aromatic heterocycles. The smallest absolute Gasteiger partial charge is 0.0436 e. The highest BCUT2D eigenvalue weighted by Gasteiger charge is 2.01. The summed E-state index contributed by atoms with van der Waals surface area (Å²) in [5.74, 6) is 0. The topological polar surface area (TPSA) is 52.0 Å². The molecule has 0 aromatic carbocycles. The third-order valence-corrected chi connectivity index (χ3v) is 1.59. The first kappa shape index (κ1) is 9.50. The zero-order chi connectivity index (χ0) is 7.98. The van der Waals surface area contributed by atoms with E-state index in [4.69, 9.17) is 11.5 Å². The highest BCUT2D eigenvalue weighted by molar-refractivity contribution is 4.97. The highest BCUT2D eigenvalue weighted by atomic mass is 14.7. The number of hydrogen-bond donors (Lipinski definition) is 2. The summed E-state index contributed by atoms with van der Waals surface area (Å²) in [5, 5.41) is 0. The Balaban J connectivity index is 3.21.